The first-order valence-electron chi connectivity index (χ1n) is 7.66. The molecule has 2 aromatic rings. The number of nitrogens with one attached hydrogen (secondary N) is 3. The predicted octanol–water partition coefficient (Wildman–Crippen LogP) is 1.43. The van der Waals surface area contributed by atoms with Gasteiger partial charge in [-0.05, 0) is 11.6 Å². The average Bonchev–Trinajstić information content (AvgIpc) is 3.22. The molecule has 0 saturated heterocycles. The Morgan fingerprint density at radius 3 is 2.88 bits per heavy atom. The number of rotatable bonds is 4. The molecule has 0 aliphatic carbocycles. The number of benzene rings is 1. The summed E-state index contributed by atoms with van der Waals surface area (Å²) in [5, 5.41) is 15.3. The van der Waals surface area contributed by atoms with Crippen LogP contribution in [0.1, 0.15) is 27.0 Å². The number of fused-ring (bicyclic) bond motifs is 1. The molecule has 0 fully saturated rings. The lowest BCUT2D eigenvalue weighted by molar-refractivity contribution is 0.0962. The van der Waals surface area contributed by atoms with E-state index in [1.54, 1.807) is 14.1 Å². The molecule has 0 saturated carbocycles. The van der Waals surface area contributed by atoms with Gasteiger partial charge in [0, 0.05) is 38.8 Å². The van der Waals surface area contributed by atoms with Crippen molar-refractivity contribution >= 4 is 33.8 Å². The maximum absolute atomic E-state index is 11.8. The van der Waals surface area contributed by atoms with Crippen LogP contribution in [0.2, 0.25) is 0 Å². The minimum atomic E-state index is -0.253. The van der Waals surface area contributed by atoms with E-state index in [1.807, 2.05) is 23.1 Å². The number of anilines is 2. The van der Waals surface area contributed by atoms with Crippen LogP contribution in [0.25, 0.3) is 0 Å². The van der Waals surface area contributed by atoms with Crippen molar-refractivity contribution in [3.05, 3.63) is 40.5 Å². The van der Waals surface area contributed by atoms with E-state index in [4.69, 9.17) is 11.1 Å². The number of para-hydroxylation sites is 1. The van der Waals surface area contributed by atoms with Crippen molar-refractivity contribution < 1.29 is 4.79 Å². The number of nitrogens with two attached hydrogens (primary N) is 1. The van der Waals surface area contributed by atoms with Gasteiger partial charge in [-0.25, -0.2) is 4.98 Å². The van der Waals surface area contributed by atoms with Crippen LogP contribution in [0.15, 0.2) is 24.3 Å². The molecule has 2 heterocycles. The molecule has 5 N–H and O–H groups in total. The van der Waals surface area contributed by atoms with E-state index >= 15 is 0 Å². The molecule has 1 aromatic heterocycles. The second kappa shape index (κ2) is 6.58. The van der Waals surface area contributed by atoms with Gasteiger partial charge >= 0.3 is 0 Å². The van der Waals surface area contributed by atoms with Gasteiger partial charge in [-0.15, -0.1) is 0 Å². The summed E-state index contributed by atoms with van der Waals surface area (Å²) in [7, 11) is 3.33. The molecule has 0 radical (unpaired) electrons. The number of hydrogen-bond acceptors (Lipinski definition) is 6. The van der Waals surface area contributed by atoms with Gasteiger partial charge in [0.05, 0.1) is 0 Å². The first-order valence-corrected chi connectivity index (χ1v) is 8.48. The van der Waals surface area contributed by atoms with E-state index in [0.717, 1.165) is 11.3 Å². The van der Waals surface area contributed by atoms with Gasteiger partial charge in [0.1, 0.15) is 10.7 Å². The second-order valence-electron chi connectivity index (χ2n) is 5.48. The van der Waals surface area contributed by atoms with Gasteiger partial charge in [-0.1, -0.05) is 29.5 Å². The Hall–Kier alpha value is -2.45. The monoisotopic (exact) mass is 344 g/mol. The molecule has 1 atom stereocenters. The molecule has 1 aromatic carbocycles. The van der Waals surface area contributed by atoms with Crippen LogP contribution in [0, 0.1) is 5.41 Å². The summed E-state index contributed by atoms with van der Waals surface area (Å²) in [5.41, 5.74) is 8.50. The molecule has 126 valence electrons. The SMILES string of the molecule is CNC(=O)c1nc(C(=N)N2CC(CN)c3ccccc32)c(NC)s1. The standard InChI is InChI=1S/C16H20N6OS/c1-19-14(23)16-21-12(15(20-2)24-16)13(18)22-8-9(7-17)10-5-3-4-6-11(10)22/h3-6,9,18,20H,7-8,17H2,1-2H3,(H,19,23). The lowest BCUT2D eigenvalue weighted by Gasteiger charge is -2.20. The Morgan fingerprint density at radius 1 is 1.46 bits per heavy atom. The predicted molar refractivity (Wildman–Crippen MR) is 97.5 cm³/mol. The number of amides is 1. The summed E-state index contributed by atoms with van der Waals surface area (Å²) in [4.78, 5) is 18.1. The number of thiazole rings is 1. The number of amidine groups is 1. The topological polar surface area (TPSA) is 107 Å². The Kier molecular flexibility index (Phi) is 4.50. The van der Waals surface area contributed by atoms with Crippen molar-refractivity contribution in [2.24, 2.45) is 5.73 Å². The van der Waals surface area contributed by atoms with Gasteiger partial charge in [-0.3, -0.25) is 10.2 Å². The third kappa shape index (κ3) is 2.63. The molecule has 3 rings (SSSR count). The fourth-order valence-electron chi connectivity index (χ4n) is 2.89. The van der Waals surface area contributed by atoms with Gasteiger partial charge in [0.2, 0.25) is 0 Å². The summed E-state index contributed by atoms with van der Waals surface area (Å²) < 4.78 is 0. The Morgan fingerprint density at radius 2 is 2.21 bits per heavy atom. The quantitative estimate of drug-likeness (QED) is 0.496. The van der Waals surface area contributed by atoms with E-state index in [2.05, 4.69) is 21.7 Å². The Bertz CT molecular complexity index is 787. The number of carbonyl (C=O) groups is 1. The minimum absolute atomic E-state index is 0.191. The molecular formula is C16H20N6OS. The van der Waals surface area contributed by atoms with Gasteiger partial charge < -0.3 is 21.3 Å². The van der Waals surface area contributed by atoms with E-state index in [-0.39, 0.29) is 17.7 Å². The molecule has 8 heteroatoms. The summed E-state index contributed by atoms with van der Waals surface area (Å²) in [6.07, 6.45) is 0. The van der Waals surface area contributed by atoms with Crippen LogP contribution in [0.3, 0.4) is 0 Å². The van der Waals surface area contributed by atoms with Crippen molar-refractivity contribution in [1.29, 1.82) is 5.41 Å². The summed E-state index contributed by atoms with van der Waals surface area (Å²) in [6.45, 7) is 1.17. The summed E-state index contributed by atoms with van der Waals surface area (Å²) in [5.74, 6) is 0.211. The van der Waals surface area contributed by atoms with Crippen LogP contribution < -0.4 is 21.3 Å². The second-order valence-corrected chi connectivity index (χ2v) is 6.48. The molecule has 24 heavy (non-hydrogen) atoms. The first-order chi connectivity index (χ1) is 11.6. The van der Waals surface area contributed by atoms with Crippen LogP contribution in [-0.4, -0.2) is 43.9 Å². The number of hydrogen-bond donors (Lipinski definition) is 4. The Labute approximate surface area is 144 Å². The first kappa shape index (κ1) is 16.4. The smallest absolute Gasteiger partial charge is 0.280 e. The minimum Gasteiger partial charge on any atom is -0.378 e. The van der Waals surface area contributed by atoms with E-state index in [1.165, 1.54) is 11.3 Å². The van der Waals surface area contributed by atoms with E-state index < -0.39 is 0 Å². The third-order valence-corrected chi connectivity index (χ3v) is 5.20. The lowest BCUT2D eigenvalue weighted by atomic mass is 10.0. The van der Waals surface area contributed by atoms with Crippen molar-refractivity contribution in [3.8, 4) is 0 Å². The Balaban J connectivity index is 1.98. The fourth-order valence-corrected chi connectivity index (χ4v) is 3.76. The molecule has 1 unspecified atom stereocenters. The number of aromatic nitrogens is 1. The van der Waals surface area contributed by atoms with Gasteiger partial charge in [-0.2, -0.15) is 0 Å². The maximum Gasteiger partial charge on any atom is 0.280 e. The van der Waals surface area contributed by atoms with Crippen LogP contribution >= 0.6 is 11.3 Å². The molecule has 1 aliphatic heterocycles. The zero-order valence-corrected chi connectivity index (χ0v) is 14.4. The van der Waals surface area contributed by atoms with Gasteiger partial charge in [0.15, 0.2) is 10.8 Å². The normalized spacial score (nSPS) is 16.0. The average molecular weight is 344 g/mol. The summed E-state index contributed by atoms with van der Waals surface area (Å²) >= 11 is 1.24. The maximum atomic E-state index is 11.8. The number of carbonyl (C=O) groups excluding carboxylic acids is 1. The lowest BCUT2D eigenvalue weighted by Crippen LogP contribution is -2.32. The molecular weight excluding hydrogens is 324 g/mol. The molecule has 1 aliphatic rings. The van der Waals surface area contributed by atoms with Crippen molar-refractivity contribution in [1.82, 2.24) is 10.3 Å². The molecule has 7 nitrogen and oxygen atoms in total. The number of nitrogens with zero attached hydrogens (tertiary/aromatic N) is 2. The summed E-state index contributed by atoms with van der Waals surface area (Å²) in [6, 6.07) is 7.98. The largest absolute Gasteiger partial charge is 0.378 e. The van der Waals surface area contributed by atoms with Gasteiger partial charge in [0.25, 0.3) is 5.91 Å². The fraction of sp³-hybridized carbons (Fsp3) is 0.312. The third-order valence-electron chi connectivity index (χ3n) is 4.12. The van der Waals surface area contributed by atoms with E-state index in [9.17, 15) is 4.79 Å². The van der Waals surface area contributed by atoms with Crippen LogP contribution in [0.4, 0.5) is 10.7 Å². The van der Waals surface area contributed by atoms with E-state index in [0.29, 0.717) is 28.8 Å². The molecule has 1 amide bonds. The van der Waals surface area contributed by atoms with Crippen molar-refractivity contribution in [2.75, 3.05) is 37.4 Å². The highest BCUT2D eigenvalue weighted by Gasteiger charge is 2.32. The van der Waals surface area contributed by atoms with Crippen LogP contribution in [-0.2, 0) is 0 Å². The molecule has 0 spiro atoms. The highest BCUT2D eigenvalue weighted by atomic mass is 32.1. The van der Waals surface area contributed by atoms with Crippen molar-refractivity contribution in [2.45, 2.75) is 5.92 Å². The zero-order chi connectivity index (χ0) is 17.3. The molecule has 0 bridgehead atoms. The zero-order valence-electron chi connectivity index (χ0n) is 13.6. The van der Waals surface area contributed by atoms with Crippen molar-refractivity contribution in [3.63, 3.8) is 0 Å². The highest BCUT2D eigenvalue weighted by Crippen LogP contribution is 2.37. The van der Waals surface area contributed by atoms with Crippen LogP contribution in [0.5, 0.6) is 0 Å². The highest BCUT2D eigenvalue weighted by molar-refractivity contribution is 7.18.